The number of halogens is 1. The Labute approximate surface area is 218 Å². The fraction of sp³-hybridized carbons (Fsp3) is 0.444. The first-order valence-corrected chi connectivity index (χ1v) is 12.3. The quantitative estimate of drug-likeness (QED) is 0.432. The highest BCUT2D eigenvalue weighted by molar-refractivity contribution is 6.34. The number of phenolic OH excluding ortho intramolecular Hbond substituents is 1. The van der Waals surface area contributed by atoms with E-state index in [0.717, 1.165) is 5.56 Å². The number of benzene rings is 2. The number of rotatable bonds is 8. The van der Waals surface area contributed by atoms with Crippen molar-refractivity contribution in [1.82, 2.24) is 10.2 Å². The minimum absolute atomic E-state index is 0.0463. The van der Waals surface area contributed by atoms with Gasteiger partial charge in [-0.25, -0.2) is 4.79 Å². The minimum atomic E-state index is -1.10. The Morgan fingerprint density at radius 2 is 1.75 bits per heavy atom. The van der Waals surface area contributed by atoms with Gasteiger partial charge in [-0.3, -0.25) is 9.59 Å². The van der Waals surface area contributed by atoms with Gasteiger partial charge in [-0.2, -0.15) is 0 Å². The van der Waals surface area contributed by atoms with E-state index in [-0.39, 0.29) is 18.2 Å². The molecule has 2 rings (SSSR count). The van der Waals surface area contributed by atoms with Crippen molar-refractivity contribution in [1.29, 1.82) is 0 Å². The van der Waals surface area contributed by atoms with E-state index in [1.54, 1.807) is 65.8 Å². The number of para-hydroxylation sites is 1. The molecule has 0 aliphatic heterocycles. The molecule has 2 aromatic rings. The van der Waals surface area contributed by atoms with Gasteiger partial charge in [-0.05, 0) is 69.9 Å². The number of carbonyl (C=O) groups excluding carboxylic acids is 3. The second-order valence-corrected chi connectivity index (χ2v) is 10.3. The number of amides is 3. The second kappa shape index (κ2) is 12.1. The Morgan fingerprint density at radius 1 is 1.11 bits per heavy atom. The molecule has 0 saturated heterocycles. The van der Waals surface area contributed by atoms with Crippen LogP contribution in [-0.4, -0.2) is 46.1 Å². The molecule has 0 aromatic heterocycles. The Bertz CT molecular complexity index is 1080. The van der Waals surface area contributed by atoms with Crippen molar-refractivity contribution in [2.45, 2.75) is 66.2 Å². The van der Waals surface area contributed by atoms with Crippen LogP contribution >= 0.6 is 11.6 Å². The first kappa shape index (κ1) is 29.0. The van der Waals surface area contributed by atoms with Crippen LogP contribution in [0.15, 0.2) is 42.5 Å². The number of carbonyl (C=O) groups is 3. The Balaban J connectivity index is 2.48. The summed E-state index contributed by atoms with van der Waals surface area (Å²) in [4.78, 5) is 41.3. The number of anilines is 1. The average molecular weight is 518 g/mol. The summed E-state index contributed by atoms with van der Waals surface area (Å²) in [6.45, 7) is 12.5. The summed E-state index contributed by atoms with van der Waals surface area (Å²) in [6.07, 6.45) is -0.726. The zero-order valence-corrected chi connectivity index (χ0v) is 22.6. The molecule has 3 N–H and O–H groups in total. The zero-order valence-electron chi connectivity index (χ0n) is 21.9. The van der Waals surface area contributed by atoms with Crippen LogP contribution < -0.4 is 10.6 Å². The van der Waals surface area contributed by atoms with Crippen LogP contribution in [0.25, 0.3) is 0 Å². The molecule has 2 atom stereocenters. The van der Waals surface area contributed by atoms with Gasteiger partial charge in [0.25, 0.3) is 5.91 Å². The summed E-state index contributed by atoms with van der Waals surface area (Å²) >= 11 is 6.33. The molecular formula is C27H36ClN3O5. The Kier molecular flexibility index (Phi) is 9.76. The fourth-order valence-electron chi connectivity index (χ4n) is 3.74. The standard InChI is InChI=1S/C27H36ClN3O5/c1-8-31(25(34)21(16(2)3)30-26(35)36-27(5,6)7)23(18-12-10-13-19(32)15-18)24(33)29-22-17(4)11-9-14-20(22)28/h9-16,21,23,32H,8H2,1-7H3,(H,29,33)(H,30,35). The van der Waals surface area contributed by atoms with Crippen LogP contribution in [0.2, 0.25) is 5.02 Å². The van der Waals surface area contributed by atoms with Crippen molar-refractivity contribution >= 4 is 35.2 Å². The maximum absolute atomic E-state index is 13.8. The van der Waals surface area contributed by atoms with Crippen LogP contribution in [0.4, 0.5) is 10.5 Å². The molecule has 8 nitrogen and oxygen atoms in total. The molecule has 0 radical (unpaired) electrons. The fourth-order valence-corrected chi connectivity index (χ4v) is 4.01. The van der Waals surface area contributed by atoms with Gasteiger partial charge in [0, 0.05) is 6.54 Å². The third kappa shape index (κ3) is 7.62. The van der Waals surface area contributed by atoms with Gasteiger partial charge in [-0.1, -0.05) is 49.7 Å². The minimum Gasteiger partial charge on any atom is -0.508 e. The summed E-state index contributed by atoms with van der Waals surface area (Å²) in [5.41, 5.74) is 0.861. The van der Waals surface area contributed by atoms with Crippen molar-refractivity contribution in [3.8, 4) is 5.75 Å². The lowest BCUT2D eigenvalue weighted by atomic mass is 9.98. The molecular weight excluding hydrogens is 482 g/mol. The van der Waals surface area contributed by atoms with E-state index >= 15 is 0 Å². The molecule has 2 aromatic carbocycles. The lowest BCUT2D eigenvalue weighted by molar-refractivity contribution is -0.141. The number of ether oxygens (including phenoxy) is 1. The average Bonchev–Trinajstić information content (AvgIpc) is 2.76. The number of alkyl carbamates (subject to hydrolysis) is 1. The van der Waals surface area contributed by atoms with E-state index in [9.17, 15) is 19.5 Å². The van der Waals surface area contributed by atoms with E-state index in [0.29, 0.717) is 16.3 Å². The predicted octanol–water partition coefficient (Wildman–Crippen LogP) is 5.43. The summed E-state index contributed by atoms with van der Waals surface area (Å²) < 4.78 is 5.35. The van der Waals surface area contributed by atoms with E-state index in [1.807, 2.05) is 13.0 Å². The number of phenols is 1. The van der Waals surface area contributed by atoms with Crippen molar-refractivity contribution in [3.63, 3.8) is 0 Å². The Morgan fingerprint density at radius 3 is 2.28 bits per heavy atom. The summed E-state index contributed by atoms with van der Waals surface area (Å²) in [7, 11) is 0. The van der Waals surface area contributed by atoms with Gasteiger partial charge in [0.15, 0.2) is 0 Å². The van der Waals surface area contributed by atoms with Gasteiger partial charge < -0.3 is 25.4 Å². The normalized spacial score (nSPS) is 13.0. The summed E-state index contributed by atoms with van der Waals surface area (Å²) in [6, 6.07) is 9.37. The maximum Gasteiger partial charge on any atom is 0.408 e. The molecule has 36 heavy (non-hydrogen) atoms. The highest BCUT2D eigenvalue weighted by atomic mass is 35.5. The molecule has 0 fully saturated rings. The molecule has 0 aliphatic carbocycles. The third-order valence-corrected chi connectivity index (χ3v) is 5.76. The number of hydrogen-bond acceptors (Lipinski definition) is 5. The molecule has 3 amide bonds. The summed E-state index contributed by atoms with van der Waals surface area (Å²) in [5.74, 6) is -1.31. The monoisotopic (exact) mass is 517 g/mol. The molecule has 0 saturated carbocycles. The van der Waals surface area contributed by atoms with Crippen LogP contribution in [0.1, 0.15) is 58.7 Å². The number of likely N-dealkylation sites (N-methyl/N-ethyl adjacent to an activating group) is 1. The SMILES string of the molecule is CCN(C(=O)C(NC(=O)OC(C)(C)C)C(C)C)C(C(=O)Nc1c(C)cccc1Cl)c1cccc(O)c1. The number of nitrogens with zero attached hydrogens (tertiary/aromatic N) is 1. The predicted molar refractivity (Wildman–Crippen MR) is 141 cm³/mol. The summed E-state index contributed by atoms with van der Waals surface area (Å²) in [5, 5.41) is 16.0. The van der Waals surface area contributed by atoms with Crippen LogP contribution in [0.5, 0.6) is 5.75 Å². The molecule has 196 valence electrons. The molecule has 0 heterocycles. The number of aryl methyl sites for hydroxylation is 1. The van der Waals surface area contributed by atoms with Gasteiger partial charge in [-0.15, -0.1) is 0 Å². The molecule has 0 bridgehead atoms. The number of nitrogens with one attached hydrogen (secondary N) is 2. The zero-order chi connectivity index (χ0) is 27.2. The first-order chi connectivity index (χ1) is 16.7. The third-order valence-electron chi connectivity index (χ3n) is 5.44. The van der Waals surface area contributed by atoms with E-state index < -0.39 is 35.6 Å². The second-order valence-electron chi connectivity index (χ2n) is 9.91. The smallest absolute Gasteiger partial charge is 0.408 e. The van der Waals surface area contributed by atoms with Gasteiger partial charge >= 0.3 is 6.09 Å². The molecule has 0 spiro atoms. The number of hydrogen-bond donors (Lipinski definition) is 3. The topological polar surface area (TPSA) is 108 Å². The van der Waals surface area contributed by atoms with Crippen LogP contribution in [-0.2, 0) is 14.3 Å². The van der Waals surface area contributed by atoms with Crippen molar-refractivity contribution in [2.75, 3.05) is 11.9 Å². The molecule has 2 unspecified atom stereocenters. The Hall–Kier alpha value is -3.26. The van der Waals surface area contributed by atoms with Gasteiger partial charge in [0.2, 0.25) is 5.91 Å². The largest absolute Gasteiger partial charge is 0.508 e. The van der Waals surface area contributed by atoms with Gasteiger partial charge in [0.05, 0.1) is 10.7 Å². The van der Waals surface area contributed by atoms with E-state index in [4.69, 9.17) is 16.3 Å². The molecule has 9 heteroatoms. The van der Waals surface area contributed by atoms with Crippen LogP contribution in [0.3, 0.4) is 0 Å². The highest BCUT2D eigenvalue weighted by Gasteiger charge is 2.37. The van der Waals surface area contributed by atoms with E-state index in [1.165, 1.54) is 17.0 Å². The van der Waals surface area contributed by atoms with Crippen molar-refractivity contribution in [2.24, 2.45) is 5.92 Å². The lowest BCUT2D eigenvalue weighted by Crippen LogP contribution is -2.54. The maximum atomic E-state index is 13.8. The molecule has 0 aliphatic rings. The van der Waals surface area contributed by atoms with Crippen LogP contribution in [0, 0.1) is 12.8 Å². The van der Waals surface area contributed by atoms with Gasteiger partial charge in [0.1, 0.15) is 23.4 Å². The lowest BCUT2D eigenvalue weighted by Gasteiger charge is -2.35. The highest BCUT2D eigenvalue weighted by Crippen LogP contribution is 2.30. The van der Waals surface area contributed by atoms with E-state index in [2.05, 4.69) is 10.6 Å². The number of aromatic hydroxyl groups is 1. The van der Waals surface area contributed by atoms with Crippen molar-refractivity contribution in [3.05, 3.63) is 58.6 Å². The van der Waals surface area contributed by atoms with Crippen molar-refractivity contribution < 1.29 is 24.2 Å². The first-order valence-electron chi connectivity index (χ1n) is 11.9.